The van der Waals surface area contributed by atoms with Gasteiger partial charge in [-0.15, -0.1) is 0 Å². The topological polar surface area (TPSA) is 87.2 Å². The molecule has 0 atom stereocenters. The minimum absolute atomic E-state index is 0.0859. The van der Waals surface area contributed by atoms with Gasteiger partial charge in [0, 0.05) is 30.2 Å². The van der Waals surface area contributed by atoms with E-state index < -0.39 is 10.0 Å². The second kappa shape index (κ2) is 7.94. The van der Waals surface area contributed by atoms with Crippen LogP contribution in [-0.4, -0.2) is 31.0 Å². The number of rotatable bonds is 6. The number of nitrogens with zero attached hydrogens (tertiary/aromatic N) is 3. The van der Waals surface area contributed by atoms with Gasteiger partial charge in [-0.25, -0.2) is 18.1 Å². The quantitative estimate of drug-likeness (QED) is 0.607. The van der Waals surface area contributed by atoms with Crippen molar-refractivity contribution in [2.45, 2.75) is 43.5 Å². The Kier molecular flexibility index (Phi) is 5.11. The van der Waals surface area contributed by atoms with E-state index in [9.17, 15) is 8.42 Å². The minimum atomic E-state index is -3.46. The summed E-state index contributed by atoms with van der Waals surface area (Å²) in [5, 5.41) is 3.18. The average molecular weight is 436 g/mol. The lowest BCUT2D eigenvalue weighted by Gasteiger charge is -2.30. The first-order valence-corrected chi connectivity index (χ1v) is 12.1. The SMILES string of the molecule is Cc1ccc2c(c1)CCCN2c1ccnc(Nc2ccc(S(=O)(=O)NC3CC3)cc2)n1. The molecular weight excluding hydrogens is 410 g/mol. The van der Waals surface area contributed by atoms with Gasteiger partial charge in [-0.1, -0.05) is 17.7 Å². The molecule has 2 aromatic carbocycles. The number of aromatic nitrogens is 2. The Bertz CT molecular complexity index is 1210. The van der Waals surface area contributed by atoms with Crippen LogP contribution in [0.5, 0.6) is 0 Å². The van der Waals surface area contributed by atoms with Crippen LogP contribution in [0.1, 0.15) is 30.4 Å². The van der Waals surface area contributed by atoms with Crippen molar-refractivity contribution in [1.82, 2.24) is 14.7 Å². The Balaban J connectivity index is 1.35. The summed E-state index contributed by atoms with van der Waals surface area (Å²) in [5.41, 5.74) is 4.54. The lowest BCUT2D eigenvalue weighted by Crippen LogP contribution is -2.25. The second-order valence-electron chi connectivity index (χ2n) is 8.17. The number of benzene rings is 2. The molecule has 0 spiro atoms. The van der Waals surface area contributed by atoms with Crippen molar-refractivity contribution in [2.75, 3.05) is 16.8 Å². The van der Waals surface area contributed by atoms with Crippen LogP contribution < -0.4 is 14.9 Å². The van der Waals surface area contributed by atoms with E-state index >= 15 is 0 Å². The van der Waals surface area contributed by atoms with Gasteiger partial charge in [0.2, 0.25) is 16.0 Å². The summed E-state index contributed by atoms with van der Waals surface area (Å²) in [4.78, 5) is 11.5. The van der Waals surface area contributed by atoms with E-state index in [-0.39, 0.29) is 10.9 Å². The summed E-state index contributed by atoms with van der Waals surface area (Å²) < 4.78 is 27.4. The van der Waals surface area contributed by atoms with Gasteiger partial charge in [0.05, 0.1) is 4.90 Å². The van der Waals surface area contributed by atoms with Gasteiger partial charge in [0.15, 0.2) is 0 Å². The van der Waals surface area contributed by atoms with Crippen molar-refractivity contribution in [1.29, 1.82) is 0 Å². The fourth-order valence-corrected chi connectivity index (χ4v) is 5.16. The molecule has 8 heteroatoms. The number of aryl methyl sites for hydroxylation is 2. The van der Waals surface area contributed by atoms with Crippen LogP contribution in [0.2, 0.25) is 0 Å². The summed E-state index contributed by atoms with van der Waals surface area (Å²) >= 11 is 0. The fourth-order valence-electron chi connectivity index (χ4n) is 3.86. The zero-order valence-corrected chi connectivity index (χ0v) is 18.2. The van der Waals surface area contributed by atoms with Crippen LogP contribution in [0.3, 0.4) is 0 Å². The van der Waals surface area contributed by atoms with Crippen molar-refractivity contribution in [3.8, 4) is 0 Å². The standard InChI is InChI=1S/C23H25N5O2S/c1-16-4-11-21-17(15-16)3-2-14-28(21)22-12-13-24-23(26-22)25-18-7-9-20(10-8-18)31(29,30)27-19-5-6-19/h4,7-13,15,19,27H,2-3,5-6,14H2,1H3,(H,24,25,26). The molecule has 160 valence electrons. The molecule has 2 heterocycles. The molecule has 0 amide bonds. The normalized spacial score (nSPS) is 16.1. The molecule has 1 aromatic heterocycles. The van der Waals surface area contributed by atoms with E-state index in [0.717, 1.165) is 43.7 Å². The molecule has 2 N–H and O–H groups in total. The molecule has 0 radical (unpaired) electrons. The van der Waals surface area contributed by atoms with Crippen molar-refractivity contribution in [3.05, 3.63) is 65.9 Å². The van der Waals surface area contributed by atoms with Gasteiger partial charge in [0.1, 0.15) is 5.82 Å². The highest BCUT2D eigenvalue weighted by Crippen LogP contribution is 2.33. The largest absolute Gasteiger partial charge is 0.326 e. The second-order valence-corrected chi connectivity index (χ2v) is 9.88. The molecule has 1 aliphatic heterocycles. The maximum absolute atomic E-state index is 12.3. The zero-order chi connectivity index (χ0) is 21.4. The van der Waals surface area contributed by atoms with Gasteiger partial charge in [-0.05, 0) is 74.6 Å². The van der Waals surface area contributed by atoms with Crippen molar-refractivity contribution in [3.63, 3.8) is 0 Å². The number of sulfonamides is 1. The van der Waals surface area contributed by atoms with Crippen molar-refractivity contribution < 1.29 is 8.42 Å². The summed E-state index contributed by atoms with van der Waals surface area (Å²) in [6.07, 6.45) is 5.72. The van der Waals surface area contributed by atoms with E-state index in [0.29, 0.717) is 5.95 Å². The first-order valence-electron chi connectivity index (χ1n) is 10.6. The van der Waals surface area contributed by atoms with Gasteiger partial charge in [0.25, 0.3) is 0 Å². The summed E-state index contributed by atoms with van der Waals surface area (Å²) in [6, 6.07) is 15.2. The van der Waals surface area contributed by atoms with Gasteiger partial charge >= 0.3 is 0 Å². The lowest BCUT2D eigenvalue weighted by atomic mass is 9.99. The van der Waals surface area contributed by atoms with Crippen LogP contribution in [0.4, 0.5) is 23.1 Å². The van der Waals surface area contributed by atoms with E-state index in [1.54, 1.807) is 30.5 Å². The minimum Gasteiger partial charge on any atom is -0.326 e. The third-order valence-corrected chi connectivity index (χ3v) is 7.13. The molecule has 1 fully saturated rings. The molecule has 1 saturated carbocycles. The van der Waals surface area contributed by atoms with E-state index in [1.807, 2.05) is 6.07 Å². The smallest absolute Gasteiger partial charge is 0.240 e. The number of hydrogen-bond donors (Lipinski definition) is 2. The fraction of sp³-hybridized carbons (Fsp3) is 0.304. The molecule has 31 heavy (non-hydrogen) atoms. The van der Waals surface area contributed by atoms with Crippen LogP contribution in [-0.2, 0) is 16.4 Å². The van der Waals surface area contributed by atoms with Crippen LogP contribution in [0.15, 0.2) is 59.6 Å². The molecule has 1 aliphatic carbocycles. The highest BCUT2D eigenvalue weighted by Gasteiger charge is 2.27. The third-order valence-electron chi connectivity index (χ3n) is 5.59. The zero-order valence-electron chi connectivity index (χ0n) is 17.4. The maximum atomic E-state index is 12.3. The van der Waals surface area contributed by atoms with Crippen molar-refractivity contribution in [2.24, 2.45) is 0 Å². The summed E-state index contributed by atoms with van der Waals surface area (Å²) in [7, 11) is -3.46. The van der Waals surface area contributed by atoms with Gasteiger partial charge in [-0.2, -0.15) is 4.98 Å². The molecule has 0 unspecified atom stereocenters. The van der Waals surface area contributed by atoms with Gasteiger partial charge in [-0.3, -0.25) is 0 Å². The lowest BCUT2D eigenvalue weighted by molar-refractivity contribution is 0.581. The van der Waals surface area contributed by atoms with Crippen LogP contribution >= 0.6 is 0 Å². The molecule has 5 rings (SSSR count). The Morgan fingerprint density at radius 2 is 1.87 bits per heavy atom. The molecule has 0 saturated heterocycles. The predicted molar refractivity (Wildman–Crippen MR) is 122 cm³/mol. The number of fused-ring (bicyclic) bond motifs is 1. The van der Waals surface area contributed by atoms with E-state index in [2.05, 4.69) is 45.0 Å². The molecule has 2 aliphatic rings. The van der Waals surface area contributed by atoms with E-state index in [4.69, 9.17) is 4.98 Å². The molecule has 0 bridgehead atoms. The van der Waals surface area contributed by atoms with Crippen molar-refractivity contribution >= 4 is 33.2 Å². The summed E-state index contributed by atoms with van der Waals surface area (Å²) in [6.45, 7) is 3.03. The average Bonchev–Trinajstić information content (AvgIpc) is 3.57. The number of hydrogen-bond acceptors (Lipinski definition) is 6. The Morgan fingerprint density at radius 1 is 1.06 bits per heavy atom. The number of anilines is 4. The first kappa shape index (κ1) is 20.0. The van der Waals surface area contributed by atoms with Crippen LogP contribution in [0, 0.1) is 6.92 Å². The monoisotopic (exact) mass is 435 g/mol. The third kappa shape index (κ3) is 4.40. The summed E-state index contributed by atoms with van der Waals surface area (Å²) in [5.74, 6) is 1.32. The molecule has 7 nitrogen and oxygen atoms in total. The van der Waals surface area contributed by atoms with Gasteiger partial charge < -0.3 is 10.2 Å². The van der Waals surface area contributed by atoms with E-state index in [1.165, 1.54) is 16.8 Å². The highest BCUT2D eigenvalue weighted by molar-refractivity contribution is 7.89. The molecular formula is C23H25N5O2S. The Morgan fingerprint density at radius 3 is 2.65 bits per heavy atom. The first-order chi connectivity index (χ1) is 15.0. The number of nitrogens with one attached hydrogen (secondary N) is 2. The highest BCUT2D eigenvalue weighted by atomic mass is 32.2. The maximum Gasteiger partial charge on any atom is 0.240 e. The predicted octanol–water partition coefficient (Wildman–Crippen LogP) is 4.05. The Hall–Kier alpha value is -2.97. The Labute approximate surface area is 182 Å². The molecule has 3 aromatic rings. The van der Waals surface area contributed by atoms with Crippen LogP contribution in [0.25, 0.3) is 0 Å².